The van der Waals surface area contributed by atoms with Crippen LogP contribution in [-0.4, -0.2) is 25.0 Å². The fourth-order valence-corrected chi connectivity index (χ4v) is 3.10. The lowest BCUT2D eigenvalue weighted by atomic mass is 9.73. The Morgan fingerprint density at radius 1 is 1.08 bits per heavy atom. The molecule has 0 amide bonds. The van der Waals surface area contributed by atoms with Crippen LogP contribution in [0, 0.1) is 17.8 Å². The maximum Gasteiger partial charge on any atom is 0.000926 e. The summed E-state index contributed by atoms with van der Waals surface area (Å²) >= 11 is 0. The normalized spacial score (nSPS) is 44.0. The number of hydrogen-bond donors (Lipinski definition) is 0. The van der Waals surface area contributed by atoms with Gasteiger partial charge in [-0.05, 0) is 44.2 Å². The van der Waals surface area contributed by atoms with Gasteiger partial charge in [0.25, 0.3) is 0 Å². The van der Waals surface area contributed by atoms with Crippen molar-refractivity contribution in [3.8, 4) is 0 Å². The maximum atomic E-state index is 2.53. The minimum Gasteiger partial charge on any atom is -0.306 e. The molecule has 3 atom stereocenters. The van der Waals surface area contributed by atoms with Crippen LogP contribution in [0.15, 0.2) is 0 Å². The first-order valence-electron chi connectivity index (χ1n) is 5.46. The molecule has 70 valence electrons. The fourth-order valence-electron chi connectivity index (χ4n) is 3.10. The van der Waals surface area contributed by atoms with E-state index in [9.17, 15) is 0 Å². The smallest absolute Gasteiger partial charge is 0.000926 e. The lowest BCUT2D eigenvalue weighted by Gasteiger charge is -2.33. The van der Waals surface area contributed by atoms with Gasteiger partial charge in [0, 0.05) is 6.54 Å². The largest absolute Gasteiger partial charge is 0.306 e. The van der Waals surface area contributed by atoms with E-state index in [2.05, 4.69) is 18.9 Å². The third-order valence-electron chi connectivity index (χ3n) is 4.06. The van der Waals surface area contributed by atoms with Crippen LogP contribution in [0.25, 0.3) is 0 Å². The highest BCUT2D eigenvalue weighted by Gasteiger charge is 2.32. The lowest BCUT2D eigenvalue weighted by Crippen LogP contribution is -2.29. The predicted octanol–water partition coefficient (Wildman–Crippen LogP) is 2.37. The highest BCUT2D eigenvalue weighted by Crippen LogP contribution is 2.38. The molecule has 0 aromatic carbocycles. The Morgan fingerprint density at radius 3 is 2.67 bits per heavy atom. The van der Waals surface area contributed by atoms with E-state index in [1.807, 2.05) is 0 Å². The number of likely N-dealkylation sites (tertiary alicyclic amines) is 1. The van der Waals surface area contributed by atoms with E-state index in [4.69, 9.17) is 0 Å². The molecule has 1 aliphatic heterocycles. The molecule has 2 unspecified atom stereocenters. The standard InChI is InChI=1S/C11H21N/c1-9-10-4-3-5-11(9)8-12(2)7-6-10/h9-11H,3-8H2,1-2H3/t9-,10?,11?/m0/s1. The molecule has 0 aromatic rings. The summed E-state index contributed by atoms with van der Waals surface area (Å²) in [5.74, 6) is 3.06. The first-order valence-corrected chi connectivity index (χ1v) is 5.46. The second-order valence-electron chi connectivity index (χ2n) is 4.86. The summed E-state index contributed by atoms with van der Waals surface area (Å²) in [5.41, 5.74) is 0. The first kappa shape index (κ1) is 8.55. The molecule has 2 aliphatic rings. The Bertz CT molecular complexity index is 155. The molecule has 1 heterocycles. The fraction of sp³-hybridized carbons (Fsp3) is 1.00. The van der Waals surface area contributed by atoms with Crippen LogP contribution in [0.4, 0.5) is 0 Å². The van der Waals surface area contributed by atoms with Crippen molar-refractivity contribution >= 4 is 0 Å². The number of rotatable bonds is 0. The van der Waals surface area contributed by atoms with Gasteiger partial charge in [0.15, 0.2) is 0 Å². The van der Waals surface area contributed by atoms with Crippen LogP contribution in [0.5, 0.6) is 0 Å². The minimum absolute atomic E-state index is 1.00. The summed E-state index contributed by atoms with van der Waals surface area (Å²) in [6.45, 7) is 5.18. The molecule has 12 heavy (non-hydrogen) atoms. The zero-order valence-electron chi connectivity index (χ0n) is 8.42. The van der Waals surface area contributed by atoms with Crippen molar-refractivity contribution in [3.05, 3.63) is 0 Å². The SMILES string of the molecule is C[C@H]1C2CCCC1CN(C)CC2. The average molecular weight is 167 g/mol. The Morgan fingerprint density at radius 2 is 1.83 bits per heavy atom. The van der Waals surface area contributed by atoms with Gasteiger partial charge in [-0.2, -0.15) is 0 Å². The van der Waals surface area contributed by atoms with Crippen LogP contribution in [0.3, 0.4) is 0 Å². The van der Waals surface area contributed by atoms with Crippen molar-refractivity contribution in [2.75, 3.05) is 20.1 Å². The highest BCUT2D eigenvalue weighted by atomic mass is 15.1. The lowest BCUT2D eigenvalue weighted by molar-refractivity contribution is 0.171. The summed E-state index contributed by atoms with van der Waals surface area (Å²) in [6, 6.07) is 0. The summed E-state index contributed by atoms with van der Waals surface area (Å²) in [7, 11) is 2.29. The van der Waals surface area contributed by atoms with Gasteiger partial charge in [0.1, 0.15) is 0 Å². The summed E-state index contributed by atoms with van der Waals surface area (Å²) in [4.78, 5) is 2.53. The molecule has 1 saturated heterocycles. The Labute approximate surface area is 76.1 Å². The van der Waals surface area contributed by atoms with Gasteiger partial charge in [-0.1, -0.05) is 19.8 Å². The van der Waals surface area contributed by atoms with E-state index in [1.54, 1.807) is 0 Å². The van der Waals surface area contributed by atoms with E-state index in [0.29, 0.717) is 0 Å². The van der Waals surface area contributed by atoms with Gasteiger partial charge in [0.05, 0.1) is 0 Å². The third-order valence-corrected chi connectivity index (χ3v) is 4.06. The van der Waals surface area contributed by atoms with Gasteiger partial charge in [-0.25, -0.2) is 0 Å². The van der Waals surface area contributed by atoms with E-state index < -0.39 is 0 Å². The average Bonchev–Trinajstić information content (AvgIpc) is 2.17. The summed E-state index contributed by atoms with van der Waals surface area (Å²) in [5, 5.41) is 0. The molecule has 0 radical (unpaired) electrons. The van der Waals surface area contributed by atoms with E-state index in [1.165, 1.54) is 38.8 Å². The third kappa shape index (κ3) is 1.52. The van der Waals surface area contributed by atoms with Crippen molar-refractivity contribution in [1.29, 1.82) is 0 Å². The molecule has 1 heteroatoms. The minimum atomic E-state index is 1.00. The summed E-state index contributed by atoms with van der Waals surface area (Å²) < 4.78 is 0. The van der Waals surface area contributed by atoms with Crippen LogP contribution in [-0.2, 0) is 0 Å². The molecule has 1 nitrogen and oxygen atoms in total. The first-order chi connectivity index (χ1) is 5.77. The van der Waals surface area contributed by atoms with Crippen molar-refractivity contribution in [2.24, 2.45) is 17.8 Å². The Balaban J connectivity index is 2.08. The van der Waals surface area contributed by atoms with Gasteiger partial charge in [0.2, 0.25) is 0 Å². The highest BCUT2D eigenvalue weighted by molar-refractivity contribution is 4.84. The van der Waals surface area contributed by atoms with Crippen LogP contribution in [0.2, 0.25) is 0 Å². The van der Waals surface area contributed by atoms with Crippen molar-refractivity contribution in [2.45, 2.75) is 32.6 Å². The van der Waals surface area contributed by atoms with Gasteiger partial charge >= 0.3 is 0 Å². The molecule has 1 aliphatic carbocycles. The molecule has 0 N–H and O–H groups in total. The molecular weight excluding hydrogens is 146 g/mol. The number of hydrogen-bond acceptors (Lipinski definition) is 1. The number of nitrogens with zero attached hydrogens (tertiary/aromatic N) is 1. The topological polar surface area (TPSA) is 3.24 Å². The molecular formula is C11H21N. The molecule has 1 saturated carbocycles. The van der Waals surface area contributed by atoms with Crippen molar-refractivity contribution in [1.82, 2.24) is 4.90 Å². The molecule has 2 bridgehead atoms. The zero-order valence-corrected chi connectivity index (χ0v) is 8.42. The van der Waals surface area contributed by atoms with Crippen LogP contribution >= 0.6 is 0 Å². The van der Waals surface area contributed by atoms with Crippen LogP contribution < -0.4 is 0 Å². The molecule has 0 spiro atoms. The maximum absolute atomic E-state index is 2.53. The zero-order chi connectivity index (χ0) is 8.55. The van der Waals surface area contributed by atoms with E-state index in [-0.39, 0.29) is 0 Å². The molecule has 2 fully saturated rings. The van der Waals surface area contributed by atoms with E-state index >= 15 is 0 Å². The Kier molecular flexibility index (Phi) is 2.40. The van der Waals surface area contributed by atoms with Crippen LogP contribution in [0.1, 0.15) is 32.6 Å². The number of fused-ring (bicyclic) bond motifs is 2. The van der Waals surface area contributed by atoms with Gasteiger partial charge in [-0.15, -0.1) is 0 Å². The van der Waals surface area contributed by atoms with Gasteiger partial charge < -0.3 is 4.90 Å². The second kappa shape index (κ2) is 3.37. The Hall–Kier alpha value is -0.0400. The van der Waals surface area contributed by atoms with E-state index in [0.717, 1.165) is 17.8 Å². The van der Waals surface area contributed by atoms with Crippen molar-refractivity contribution in [3.63, 3.8) is 0 Å². The quantitative estimate of drug-likeness (QED) is 0.535. The predicted molar refractivity (Wildman–Crippen MR) is 52.1 cm³/mol. The van der Waals surface area contributed by atoms with Gasteiger partial charge in [-0.3, -0.25) is 0 Å². The monoisotopic (exact) mass is 167 g/mol. The molecule has 2 rings (SSSR count). The summed E-state index contributed by atoms with van der Waals surface area (Å²) in [6.07, 6.45) is 5.94. The second-order valence-corrected chi connectivity index (χ2v) is 4.86. The molecule has 0 aromatic heterocycles. The van der Waals surface area contributed by atoms with Crippen molar-refractivity contribution < 1.29 is 0 Å².